The summed E-state index contributed by atoms with van der Waals surface area (Å²) < 4.78 is 2.16. The largest absolute Gasteiger partial charge is 0.332 e. The maximum Gasteiger partial charge on any atom is 0.0991 e. The fourth-order valence-corrected chi connectivity index (χ4v) is 2.29. The Bertz CT molecular complexity index is 544. The standard InChI is InChI=1S/C14H14N4/c15-7-12-1-3-13(4-2-12)8-17-9-14(10-17)18-6-5-16-11-18/h1-6,11,14H,8-10H2. The Kier molecular flexibility index (Phi) is 2.83. The van der Waals surface area contributed by atoms with E-state index in [-0.39, 0.29) is 0 Å². The average molecular weight is 238 g/mol. The summed E-state index contributed by atoms with van der Waals surface area (Å²) >= 11 is 0. The van der Waals surface area contributed by atoms with Gasteiger partial charge in [-0.2, -0.15) is 5.26 Å². The summed E-state index contributed by atoms with van der Waals surface area (Å²) in [6.07, 6.45) is 5.72. The molecule has 1 aliphatic heterocycles. The molecule has 90 valence electrons. The molecule has 0 spiro atoms. The van der Waals surface area contributed by atoms with Crippen LogP contribution in [0.2, 0.25) is 0 Å². The molecule has 0 N–H and O–H groups in total. The van der Waals surface area contributed by atoms with Gasteiger partial charge in [-0.05, 0) is 17.7 Å². The molecule has 1 saturated heterocycles. The molecule has 3 rings (SSSR count). The predicted molar refractivity (Wildman–Crippen MR) is 67.7 cm³/mol. The van der Waals surface area contributed by atoms with Crippen LogP contribution in [-0.2, 0) is 6.54 Å². The van der Waals surface area contributed by atoms with Gasteiger partial charge >= 0.3 is 0 Å². The Morgan fingerprint density at radius 3 is 2.67 bits per heavy atom. The van der Waals surface area contributed by atoms with E-state index in [4.69, 9.17) is 5.26 Å². The molecule has 4 heteroatoms. The number of rotatable bonds is 3. The van der Waals surface area contributed by atoms with Crippen molar-refractivity contribution >= 4 is 0 Å². The lowest BCUT2D eigenvalue weighted by molar-refractivity contribution is 0.0988. The van der Waals surface area contributed by atoms with Gasteiger partial charge in [0.2, 0.25) is 0 Å². The van der Waals surface area contributed by atoms with Gasteiger partial charge in [0, 0.05) is 32.0 Å². The number of hydrogen-bond acceptors (Lipinski definition) is 3. The Morgan fingerprint density at radius 1 is 1.28 bits per heavy atom. The van der Waals surface area contributed by atoms with E-state index in [0.29, 0.717) is 6.04 Å². The minimum Gasteiger partial charge on any atom is -0.332 e. The first-order valence-electron chi connectivity index (χ1n) is 6.04. The first kappa shape index (κ1) is 11.0. The molecule has 18 heavy (non-hydrogen) atoms. The molecule has 2 heterocycles. The second kappa shape index (κ2) is 4.63. The molecule has 0 bridgehead atoms. The summed E-state index contributed by atoms with van der Waals surface area (Å²) in [5.74, 6) is 0. The van der Waals surface area contributed by atoms with Crippen molar-refractivity contribution in [2.24, 2.45) is 0 Å². The quantitative estimate of drug-likeness (QED) is 0.819. The average Bonchev–Trinajstić information content (AvgIpc) is 2.87. The highest BCUT2D eigenvalue weighted by atomic mass is 15.3. The van der Waals surface area contributed by atoms with Crippen molar-refractivity contribution in [3.63, 3.8) is 0 Å². The van der Waals surface area contributed by atoms with Gasteiger partial charge in [-0.15, -0.1) is 0 Å². The van der Waals surface area contributed by atoms with Crippen molar-refractivity contribution in [2.75, 3.05) is 13.1 Å². The zero-order valence-corrected chi connectivity index (χ0v) is 10.0. The number of nitrogens with zero attached hydrogens (tertiary/aromatic N) is 4. The van der Waals surface area contributed by atoms with Crippen LogP contribution >= 0.6 is 0 Å². The maximum atomic E-state index is 8.74. The third-order valence-corrected chi connectivity index (χ3v) is 3.37. The molecule has 0 saturated carbocycles. The van der Waals surface area contributed by atoms with Crippen molar-refractivity contribution in [2.45, 2.75) is 12.6 Å². The number of likely N-dealkylation sites (tertiary alicyclic amines) is 1. The van der Waals surface area contributed by atoms with Crippen LogP contribution in [-0.4, -0.2) is 27.5 Å². The topological polar surface area (TPSA) is 44.9 Å². The Labute approximate surface area is 106 Å². The summed E-state index contributed by atoms with van der Waals surface area (Å²) in [4.78, 5) is 6.46. The first-order chi connectivity index (χ1) is 8.85. The first-order valence-corrected chi connectivity index (χ1v) is 6.04. The van der Waals surface area contributed by atoms with Gasteiger partial charge in [0.25, 0.3) is 0 Å². The lowest BCUT2D eigenvalue weighted by Crippen LogP contribution is -2.46. The molecule has 0 radical (unpaired) electrons. The lowest BCUT2D eigenvalue weighted by atomic mass is 10.1. The highest BCUT2D eigenvalue weighted by Crippen LogP contribution is 2.22. The molecule has 0 amide bonds. The van der Waals surface area contributed by atoms with E-state index >= 15 is 0 Å². The molecule has 0 atom stereocenters. The number of nitriles is 1. The fourth-order valence-electron chi connectivity index (χ4n) is 2.29. The second-order valence-corrected chi connectivity index (χ2v) is 4.67. The van der Waals surface area contributed by atoms with Crippen molar-refractivity contribution < 1.29 is 0 Å². The fraction of sp³-hybridized carbons (Fsp3) is 0.286. The molecular weight excluding hydrogens is 224 g/mol. The van der Waals surface area contributed by atoms with E-state index in [1.165, 1.54) is 5.56 Å². The molecule has 1 aromatic heterocycles. The third kappa shape index (κ3) is 2.13. The van der Waals surface area contributed by atoms with Gasteiger partial charge in [0.1, 0.15) is 0 Å². The maximum absolute atomic E-state index is 8.74. The highest BCUT2D eigenvalue weighted by Gasteiger charge is 2.27. The van der Waals surface area contributed by atoms with Gasteiger partial charge < -0.3 is 4.57 Å². The SMILES string of the molecule is N#Cc1ccc(CN2CC(n3ccnc3)C2)cc1. The molecular formula is C14H14N4. The zero-order valence-electron chi connectivity index (χ0n) is 10.0. The van der Waals surface area contributed by atoms with E-state index in [1.807, 2.05) is 43.0 Å². The summed E-state index contributed by atoms with van der Waals surface area (Å²) in [6, 6.07) is 10.5. The van der Waals surface area contributed by atoms with Gasteiger partial charge in [-0.25, -0.2) is 4.98 Å². The lowest BCUT2D eigenvalue weighted by Gasteiger charge is -2.39. The molecule has 1 aliphatic rings. The summed E-state index contributed by atoms with van der Waals surface area (Å²) in [5, 5.41) is 8.74. The second-order valence-electron chi connectivity index (χ2n) is 4.67. The van der Waals surface area contributed by atoms with Gasteiger partial charge in [0.15, 0.2) is 0 Å². The van der Waals surface area contributed by atoms with Crippen LogP contribution in [0.25, 0.3) is 0 Å². The number of aromatic nitrogens is 2. The number of imidazole rings is 1. The van der Waals surface area contributed by atoms with Gasteiger partial charge in [-0.3, -0.25) is 4.90 Å². The Hall–Kier alpha value is -2.12. The molecule has 1 aromatic carbocycles. The van der Waals surface area contributed by atoms with Crippen molar-refractivity contribution in [3.05, 3.63) is 54.1 Å². The summed E-state index contributed by atoms with van der Waals surface area (Å²) in [5.41, 5.74) is 1.98. The monoisotopic (exact) mass is 238 g/mol. The minimum atomic E-state index is 0.561. The third-order valence-electron chi connectivity index (χ3n) is 3.37. The smallest absolute Gasteiger partial charge is 0.0991 e. The minimum absolute atomic E-state index is 0.561. The van der Waals surface area contributed by atoms with Crippen LogP contribution in [0.5, 0.6) is 0 Å². The predicted octanol–water partition coefficient (Wildman–Crippen LogP) is 1.81. The molecule has 4 nitrogen and oxygen atoms in total. The summed E-state index contributed by atoms with van der Waals surface area (Å²) in [7, 11) is 0. The van der Waals surface area contributed by atoms with Crippen LogP contribution in [0.15, 0.2) is 43.0 Å². The molecule has 0 unspecified atom stereocenters. The van der Waals surface area contributed by atoms with Crippen molar-refractivity contribution in [1.82, 2.24) is 14.5 Å². The number of benzene rings is 1. The Balaban J connectivity index is 1.55. The molecule has 2 aromatic rings. The van der Waals surface area contributed by atoms with Gasteiger partial charge in [0.05, 0.1) is 24.0 Å². The van der Waals surface area contributed by atoms with Crippen molar-refractivity contribution in [3.8, 4) is 6.07 Å². The van der Waals surface area contributed by atoms with E-state index in [9.17, 15) is 0 Å². The van der Waals surface area contributed by atoms with E-state index < -0.39 is 0 Å². The molecule has 0 aliphatic carbocycles. The van der Waals surface area contributed by atoms with Crippen LogP contribution < -0.4 is 0 Å². The summed E-state index contributed by atoms with van der Waals surface area (Å²) in [6.45, 7) is 3.09. The number of hydrogen-bond donors (Lipinski definition) is 0. The normalized spacial score (nSPS) is 16.2. The highest BCUT2D eigenvalue weighted by molar-refractivity contribution is 5.31. The Morgan fingerprint density at radius 2 is 2.06 bits per heavy atom. The van der Waals surface area contributed by atoms with Crippen LogP contribution in [0.3, 0.4) is 0 Å². The zero-order chi connectivity index (χ0) is 12.4. The van der Waals surface area contributed by atoms with E-state index in [1.54, 1.807) is 0 Å². The van der Waals surface area contributed by atoms with E-state index in [0.717, 1.165) is 25.2 Å². The van der Waals surface area contributed by atoms with E-state index in [2.05, 4.69) is 20.5 Å². The van der Waals surface area contributed by atoms with Crippen LogP contribution in [0.1, 0.15) is 17.2 Å². The van der Waals surface area contributed by atoms with Gasteiger partial charge in [-0.1, -0.05) is 12.1 Å². The molecule has 1 fully saturated rings. The van der Waals surface area contributed by atoms with Crippen molar-refractivity contribution in [1.29, 1.82) is 5.26 Å². The van der Waals surface area contributed by atoms with Crippen LogP contribution in [0, 0.1) is 11.3 Å². The van der Waals surface area contributed by atoms with Crippen LogP contribution in [0.4, 0.5) is 0 Å².